The highest BCUT2D eigenvalue weighted by molar-refractivity contribution is 8.08. The zero-order valence-electron chi connectivity index (χ0n) is 16.3. The van der Waals surface area contributed by atoms with E-state index >= 15 is 4.39 Å². The summed E-state index contributed by atoms with van der Waals surface area (Å²) in [5, 5.41) is 25.1. The number of thioether (sulfide) groups is 1. The second-order valence-corrected chi connectivity index (χ2v) is 8.93. The highest BCUT2D eigenvalue weighted by Crippen LogP contribution is 2.56. The van der Waals surface area contributed by atoms with E-state index in [4.69, 9.17) is 23.2 Å². The van der Waals surface area contributed by atoms with Gasteiger partial charge in [0, 0.05) is 33.7 Å². The smallest absolute Gasteiger partial charge is 0.335 e. The van der Waals surface area contributed by atoms with Crippen molar-refractivity contribution in [3.8, 4) is 0 Å². The maximum absolute atomic E-state index is 15.2. The summed E-state index contributed by atoms with van der Waals surface area (Å²) in [4.78, 5) is 12.3. The second-order valence-electron chi connectivity index (χ2n) is 7.06. The number of carboxylic acids is 1. The monoisotopic (exact) mass is 478 g/mol. The zero-order chi connectivity index (χ0) is 22.3. The van der Waals surface area contributed by atoms with Crippen molar-refractivity contribution in [2.45, 2.75) is 30.4 Å². The van der Waals surface area contributed by atoms with E-state index in [1.165, 1.54) is 24.4 Å². The molecule has 0 saturated heterocycles. The Morgan fingerprint density at radius 3 is 2.77 bits per heavy atom. The molecule has 1 heterocycles. The number of benzene rings is 2. The van der Waals surface area contributed by atoms with Gasteiger partial charge in [-0.3, -0.25) is 4.68 Å². The van der Waals surface area contributed by atoms with Gasteiger partial charge in [-0.25, -0.2) is 9.18 Å². The number of fused-ring (bicyclic) bond motifs is 1. The molecule has 0 saturated carbocycles. The molecule has 2 aromatic carbocycles. The summed E-state index contributed by atoms with van der Waals surface area (Å²) < 4.78 is 16.9. The van der Waals surface area contributed by atoms with Crippen molar-refractivity contribution in [3.05, 3.63) is 86.9 Å². The van der Waals surface area contributed by atoms with E-state index in [1.54, 1.807) is 29.1 Å². The molecule has 0 amide bonds. The molecule has 3 aromatic rings. The Morgan fingerprint density at radius 2 is 2.06 bits per heavy atom. The molecule has 0 bridgehead atoms. The molecule has 31 heavy (non-hydrogen) atoms. The molecule has 1 aromatic heterocycles. The molecule has 0 radical (unpaired) electrons. The summed E-state index contributed by atoms with van der Waals surface area (Å²) in [6.07, 6.45) is 3.93. The number of hydrogen-bond acceptors (Lipinski definition) is 4. The number of rotatable bonds is 6. The average Bonchev–Trinajstić information content (AvgIpc) is 3.30. The first kappa shape index (κ1) is 21.9. The first-order chi connectivity index (χ1) is 14.8. The number of carboxylic acid groups (broad SMARTS) is 1. The van der Waals surface area contributed by atoms with Gasteiger partial charge in [-0.1, -0.05) is 54.0 Å². The minimum atomic E-state index is -1.97. The molecule has 0 fully saturated rings. The van der Waals surface area contributed by atoms with Crippen LogP contribution in [0.1, 0.15) is 40.4 Å². The van der Waals surface area contributed by atoms with Crippen molar-refractivity contribution < 1.29 is 19.4 Å². The average molecular weight is 479 g/mol. The Kier molecular flexibility index (Phi) is 5.87. The second kappa shape index (κ2) is 8.31. The third-order valence-electron chi connectivity index (χ3n) is 5.02. The minimum absolute atomic E-state index is 0.00504. The van der Waals surface area contributed by atoms with E-state index in [9.17, 15) is 15.0 Å². The van der Waals surface area contributed by atoms with Crippen molar-refractivity contribution >= 4 is 45.8 Å². The lowest BCUT2D eigenvalue weighted by atomic mass is 9.89. The van der Waals surface area contributed by atoms with E-state index in [0.717, 1.165) is 18.2 Å². The molecule has 4 rings (SSSR count). The summed E-state index contributed by atoms with van der Waals surface area (Å²) in [6, 6.07) is 9.30. The van der Waals surface area contributed by atoms with Crippen LogP contribution < -0.4 is 0 Å². The first-order valence-electron chi connectivity index (χ1n) is 9.43. The van der Waals surface area contributed by atoms with Crippen molar-refractivity contribution in [2.75, 3.05) is 0 Å². The van der Waals surface area contributed by atoms with Gasteiger partial charge in [0.25, 0.3) is 0 Å². The van der Waals surface area contributed by atoms with Gasteiger partial charge in [-0.15, -0.1) is 0 Å². The van der Waals surface area contributed by atoms with Gasteiger partial charge in [0.1, 0.15) is 5.82 Å². The van der Waals surface area contributed by atoms with Crippen LogP contribution in [0.25, 0.3) is 4.91 Å². The Hall–Kier alpha value is -2.32. The van der Waals surface area contributed by atoms with Crippen molar-refractivity contribution in [3.63, 3.8) is 0 Å². The van der Waals surface area contributed by atoms with Crippen molar-refractivity contribution in [1.29, 1.82) is 0 Å². The quantitative estimate of drug-likeness (QED) is 0.472. The molecule has 0 aliphatic heterocycles. The number of hydrogen-bond donors (Lipinski definition) is 2. The summed E-state index contributed by atoms with van der Waals surface area (Å²) in [5.74, 6) is -1.83. The molecule has 0 spiro atoms. The Morgan fingerprint density at radius 1 is 1.29 bits per heavy atom. The summed E-state index contributed by atoms with van der Waals surface area (Å²) >= 11 is 13.9. The van der Waals surface area contributed by atoms with Gasteiger partial charge in [0.05, 0.1) is 21.8 Å². The van der Waals surface area contributed by atoms with Gasteiger partial charge in [-0.05, 0) is 36.2 Å². The van der Waals surface area contributed by atoms with Crippen LogP contribution in [0.4, 0.5) is 4.39 Å². The number of nitrogens with zero attached hydrogens (tertiary/aromatic N) is 2. The van der Waals surface area contributed by atoms with Gasteiger partial charge in [0.15, 0.2) is 5.60 Å². The summed E-state index contributed by atoms with van der Waals surface area (Å²) in [5.41, 5.74) is -1.19. The third-order valence-corrected chi connectivity index (χ3v) is 7.01. The predicted octanol–water partition coefficient (Wildman–Crippen LogP) is 5.73. The molecule has 2 N–H and O–H groups in total. The lowest BCUT2D eigenvalue weighted by Gasteiger charge is -2.24. The van der Waals surface area contributed by atoms with Crippen LogP contribution >= 0.6 is 35.0 Å². The Bertz CT molecular complexity index is 1230. The molecule has 5 nitrogen and oxygen atoms in total. The Balaban J connectivity index is 1.88. The molecule has 1 unspecified atom stereocenters. The number of carbonyl (C=O) groups is 1. The van der Waals surface area contributed by atoms with Gasteiger partial charge < -0.3 is 10.2 Å². The van der Waals surface area contributed by atoms with Crippen LogP contribution in [-0.2, 0) is 12.1 Å². The number of halogens is 3. The van der Waals surface area contributed by atoms with Crippen LogP contribution in [0.2, 0.25) is 5.02 Å². The van der Waals surface area contributed by atoms with E-state index in [0.29, 0.717) is 27.5 Å². The fourth-order valence-electron chi connectivity index (χ4n) is 3.57. The van der Waals surface area contributed by atoms with Crippen molar-refractivity contribution in [1.82, 2.24) is 9.78 Å². The molecule has 9 heteroatoms. The van der Waals surface area contributed by atoms with Crippen LogP contribution in [0.5, 0.6) is 0 Å². The van der Waals surface area contributed by atoms with Crippen LogP contribution in [0.3, 0.4) is 0 Å². The van der Waals surface area contributed by atoms with E-state index < -0.39 is 17.4 Å². The van der Waals surface area contributed by atoms with Crippen molar-refractivity contribution in [2.24, 2.45) is 0 Å². The van der Waals surface area contributed by atoms with E-state index in [2.05, 4.69) is 5.10 Å². The van der Waals surface area contributed by atoms with E-state index in [-0.39, 0.29) is 21.2 Å². The normalized spacial score (nSPS) is 17.8. The van der Waals surface area contributed by atoms with Crippen LogP contribution in [0.15, 0.2) is 58.7 Å². The zero-order valence-corrected chi connectivity index (χ0v) is 18.6. The van der Waals surface area contributed by atoms with Gasteiger partial charge in [-0.2, -0.15) is 5.10 Å². The number of aromatic nitrogens is 2. The summed E-state index contributed by atoms with van der Waals surface area (Å²) in [7, 11) is 0. The maximum Gasteiger partial charge on any atom is 0.335 e. The molecular formula is C22H17Cl2FN2O3S. The lowest BCUT2D eigenvalue weighted by Crippen LogP contribution is -2.26. The molecule has 160 valence electrons. The van der Waals surface area contributed by atoms with Gasteiger partial charge >= 0.3 is 5.97 Å². The standard InChI is InChI=1S/C22H17Cl2FN2O3S/c1-2-8-27-11-13(10-26-27)22(30)17-15(6-7-16(23)18(17)25)19(20(22)24)31-14-5-3-4-12(9-14)21(28)29/h3-7,9-11,30H,2,8H2,1H3,(H,28,29). The highest BCUT2D eigenvalue weighted by Gasteiger charge is 2.48. The highest BCUT2D eigenvalue weighted by atomic mass is 35.5. The minimum Gasteiger partial charge on any atom is -0.478 e. The fraction of sp³-hybridized carbons (Fsp3) is 0.182. The third kappa shape index (κ3) is 3.65. The largest absolute Gasteiger partial charge is 0.478 e. The van der Waals surface area contributed by atoms with Gasteiger partial charge in [0.2, 0.25) is 0 Å². The maximum atomic E-state index is 15.2. The Labute approximate surface area is 192 Å². The fourth-order valence-corrected chi connectivity index (χ4v) is 5.23. The molecule has 1 atom stereocenters. The van der Waals surface area contributed by atoms with E-state index in [1.807, 2.05) is 6.92 Å². The molecular weight excluding hydrogens is 462 g/mol. The summed E-state index contributed by atoms with van der Waals surface area (Å²) in [6.45, 7) is 2.62. The van der Waals surface area contributed by atoms with Crippen LogP contribution in [0, 0.1) is 5.82 Å². The first-order valence-corrected chi connectivity index (χ1v) is 11.0. The van der Waals surface area contributed by atoms with Crippen LogP contribution in [-0.4, -0.2) is 26.0 Å². The number of aliphatic hydroxyl groups is 1. The molecule has 1 aliphatic carbocycles. The molecule has 1 aliphatic rings. The predicted molar refractivity (Wildman–Crippen MR) is 119 cm³/mol. The number of aryl methyl sites for hydroxylation is 1. The topological polar surface area (TPSA) is 75.4 Å². The lowest BCUT2D eigenvalue weighted by molar-refractivity contribution is 0.0696. The number of aromatic carboxylic acids is 1. The SMILES string of the molecule is CCCn1cc(C2(O)C(Cl)=C(Sc3cccc(C(=O)O)c3)c3ccc(Cl)c(F)c32)cn1.